The van der Waals surface area contributed by atoms with Crippen LogP contribution in [0.2, 0.25) is 0 Å². The molecule has 7 heteroatoms. The summed E-state index contributed by atoms with van der Waals surface area (Å²) in [5.74, 6) is 0.541. The van der Waals surface area contributed by atoms with Gasteiger partial charge < -0.3 is 19.1 Å². The van der Waals surface area contributed by atoms with Crippen molar-refractivity contribution in [3.63, 3.8) is 0 Å². The molecule has 0 saturated carbocycles. The second-order valence-electron chi connectivity index (χ2n) is 5.57. The first-order chi connectivity index (χ1) is 10.8. The molecule has 0 bridgehead atoms. The second kappa shape index (κ2) is 7.40. The summed E-state index contributed by atoms with van der Waals surface area (Å²) in [6, 6.07) is 1.72. The molecule has 0 aliphatic carbocycles. The number of amides is 1. The number of aromatic nitrogens is 2. The fourth-order valence-corrected chi connectivity index (χ4v) is 2.73. The average molecular weight is 307 g/mol. The standard InChI is InChI=1S/C15H21N3O4/c19-15(22-12-4-8-20-9-5-12)18-7-1-2-13(10-18)21-14-3-6-16-11-17-14/h3,6,11-13H,1-2,4-5,7-10H2. The quantitative estimate of drug-likeness (QED) is 0.845. The zero-order valence-electron chi connectivity index (χ0n) is 12.5. The number of nitrogens with zero attached hydrogens (tertiary/aromatic N) is 3. The largest absolute Gasteiger partial charge is 0.472 e. The van der Waals surface area contributed by atoms with Crippen LogP contribution in [0.4, 0.5) is 4.79 Å². The lowest BCUT2D eigenvalue weighted by Gasteiger charge is -2.33. The number of rotatable bonds is 3. The van der Waals surface area contributed by atoms with Crippen LogP contribution in [0.15, 0.2) is 18.6 Å². The fourth-order valence-electron chi connectivity index (χ4n) is 2.73. The molecule has 2 fully saturated rings. The Hall–Kier alpha value is -1.89. The highest BCUT2D eigenvalue weighted by molar-refractivity contribution is 5.68. The molecule has 7 nitrogen and oxygen atoms in total. The van der Waals surface area contributed by atoms with Gasteiger partial charge in [-0.1, -0.05) is 0 Å². The number of hydrogen-bond acceptors (Lipinski definition) is 6. The van der Waals surface area contributed by atoms with E-state index in [1.54, 1.807) is 17.2 Å². The molecule has 1 aromatic heterocycles. The molecular weight excluding hydrogens is 286 g/mol. The van der Waals surface area contributed by atoms with E-state index >= 15 is 0 Å². The van der Waals surface area contributed by atoms with E-state index in [9.17, 15) is 4.79 Å². The molecule has 0 aromatic carbocycles. The van der Waals surface area contributed by atoms with E-state index in [1.165, 1.54) is 6.33 Å². The summed E-state index contributed by atoms with van der Waals surface area (Å²) in [5, 5.41) is 0. The summed E-state index contributed by atoms with van der Waals surface area (Å²) >= 11 is 0. The van der Waals surface area contributed by atoms with Crippen LogP contribution in [0.3, 0.4) is 0 Å². The Bertz CT molecular complexity index is 479. The van der Waals surface area contributed by atoms with Crippen molar-refractivity contribution in [3.8, 4) is 5.88 Å². The van der Waals surface area contributed by atoms with Crippen molar-refractivity contribution in [2.75, 3.05) is 26.3 Å². The Morgan fingerprint density at radius 3 is 2.91 bits per heavy atom. The van der Waals surface area contributed by atoms with Crippen LogP contribution >= 0.6 is 0 Å². The number of carbonyl (C=O) groups is 1. The van der Waals surface area contributed by atoms with Gasteiger partial charge in [0.15, 0.2) is 0 Å². The Morgan fingerprint density at radius 2 is 2.14 bits per heavy atom. The zero-order chi connectivity index (χ0) is 15.2. The Labute approximate surface area is 129 Å². The molecule has 2 aliphatic heterocycles. The van der Waals surface area contributed by atoms with E-state index in [4.69, 9.17) is 14.2 Å². The van der Waals surface area contributed by atoms with Gasteiger partial charge in [0.05, 0.1) is 19.8 Å². The molecule has 1 unspecified atom stereocenters. The van der Waals surface area contributed by atoms with Crippen molar-refractivity contribution in [2.24, 2.45) is 0 Å². The van der Waals surface area contributed by atoms with Crippen molar-refractivity contribution in [1.29, 1.82) is 0 Å². The SMILES string of the molecule is O=C(OC1CCOCC1)N1CCCC(Oc2ccncn2)C1. The Balaban J connectivity index is 1.50. The van der Waals surface area contributed by atoms with Crippen LogP contribution in [0.5, 0.6) is 5.88 Å². The van der Waals surface area contributed by atoms with Gasteiger partial charge in [-0.15, -0.1) is 0 Å². The summed E-state index contributed by atoms with van der Waals surface area (Å²) in [5.41, 5.74) is 0. The Morgan fingerprint density at radius 1 is 1.27 bits per heavy atom. The Kier molecular flexibility index (Phi) is 5.05. The second-order valence-corrected chi connectivity index (χ2v) is 5.57. The lowest BCUT2D eigenvalue weighted by Crippen LogP contribution is -2.46. The first kappa shape index (κ1) is 15.0. The van der Waals surface area contributed by atoms with E-state index in [0.29, 0.717) is 32.2 Å². The maximum absolute atomic E-state index is 12.2. The van der Waals surface area contributed by atoms with Crippen LogP contribution in [-0.4, -0.2) is 59.5 Å². The molecule has 22 heavy (non-hydrogen) atoms. The summed E-state index contributed by atoms with van der Waals surface area (Å²) < 4.78 is 16.6. The van der Waals surface area contributed by atoms with Crippen molar-refractivity contribution in [3.05, 3.63) is 18.6 Å². The molecule has 0 radical (unpaired) electrons. The van der Waals surface area contributed by atoms with Gasteiger partial charge in [0.25, 0.3) is 0 Å². The number of ether oxygens (including phenoxy) is 3. The smallest absolute Gasteiger partial charge is 0.410 e. The lowest BCUT2D eigenvalue weighted by atomic mass is 10.1. The van der Waals surface area contributed by atoms with Crippen LogP contribution in [0, 0.1) is 0 Å². The number of carbonyl (C=O) groups excluding carboxylic acids is 1. The lowest BCUT2D eigenvalue weighted by molar-refractivity contribution is -0.0174. The van der Waals surface area contributed by atoms with Gasteiger partial charge in [0.1, 0.15) is 18.5 Å². The summed E-state index contributed by atoms with van der Waals surface area (Å²) in [6.45, 7) is 2.58. The van der Waals surface area contributed by atoms with Gasteiger partial charge in [-0.05, 0) is 12.8 Å². The predicted octanol–water partition coefficient (Wildman–Crippen LogP) is 1.64. The molecule has 2 aliphatic rings. The number of hydrogen-bond donors (Lipinski definition) is 0. The van der Waals surface area contributed by atoms with Gasteiger partial charge in [-0.3, -0.25) is 0 Å². The third-order valence-corrected chi connectivity index (χ3v) is 3.91. The fraction of sp³-hybridized carbons (Fsp3) is 0.667. The molecule has 3 rings (SSSR count). The normalized spacial score (nSPS) is 23.1. The number of likely N-dealkylation sites (tertiary alicyclic amines) is 1. The van der Waals surface area contributed by atoms with Crippen molar-refractivity contribution in [1.82, 2.24) is 14.9 Å². The molecule has 2 saturated heterocycles. The number of piperidine rings is 1. The van der Waals surface area contributed by atoms with Crippen molar-refractivity contribution >= 4 is 6.09 Å². The van der Waals surface area contributed by atoms with E-state index < -0.39 is 0 Å². The van der Waals surface area contributed by atoms with E-state index in [2.05, 4.69) is 9.97 Å². The maximum Gasteiger partial charge on any atom is 0.410 e. The van der Waals surface area contributed by atoms with Crippen LogP contribution in [0.25, 0.3) is 0 Å². The third-order valence-electron chi connectivity index (χ3n) is 3.91. The van der Waals surface area contributed by atoms with E-state index in [-0.39, 0.29) is 18.3 Å². The minimum Gasteiger partial charge on any atom is -0.472 e. The van der Waals surface area contributed by atoms with Crippen LogP contribution in [0.1, 0.15) is 25.7 Å². The highest BCUT2D eigenvalue weighted by atomic mass is 16.6. The minimum absolute atomic E-state index is 0.0237. The molecule has 1 amide bonds. The highest BCUT2D eigenvalue weighted by Gasteiger charge is 2.28. The molecule has 120 valence electrons. The zero-order valence-corrected chi connectivity index (χ0v) is 12.5. The predicted molar refractivity (Wildman–Crippen MR) is 77.6 cm³/mol. The van der Waals surface area contributed by atoms with Crippen LogP contribution in [-0.2, 0) is 9.47 Å². The summed E-state index contributed by atoms with van der Waals surface area (Å²) in [4.78, 5) is 21.9. The van der Waals surface area contributed by atoms with Gasteiger partial charge in [0, 0.05) is 31.6 Å². The van der Waals surface area contributed by atoms with E-state index in [0.717, 1.165) is 25.7 Å². The van der Waals surface area contributed by atoms with Crippen LogP contribution < -0.4 is 4.74 Å². The average Bonchev–Trinajstić information content (AvgIpc) is 2.57. The van der Waals surface area contributed by atoms with Crippen molar-refractivity contribution < 1.29 is 19.0 Å². The first-order valence-electron chi connectivity index (χ1n) is 7.77. The summed E-state index contributed by atoms with van der Waals surface area (Å²) in [6.07, 6.45) is 6.14. The molecule has 1 aromatic rings. The minimum atomic E-state index is -0.247. The van der Waals surface area contributed by atoms with Crippen molar-refractivity contribution in [2.45, 2.75) is 37.9 Å². The highest BCUT2D eigenvalue weighted by Crippen LogP contribution is 2.18. The topological polar surface area (TPSA) is 73.8 Å². The molecule has 1 atom stereocenters. The van der Waals surface area contributed by atoms with Gasteiger partial charge in [0.2, 0.25) is 5.88 Å². The third kappa shape index (κ3) is 4.07. The molecule has 3 heterocycles. The monoisotopic (exact) mass is 307 g/mol. The van der Waals surface area contributed by atoms with E-state index in [1.807, 2.05) is 0 Å². The van der Waals surface area contributed by atoms with Gasteiger partial charge >= 0.3 is 6.09 Å². The van der Waals surface area contributed by atoms with Gasteiger partial charge in [-0.2, -0.15) is 0 Å². The van der Waals surface area contributed by atoms with Gasteiger partial charge in [-0.25, -0.2) is 14.8 Å². The molecule has 0 N–H and O–H groups in total. The molecule has 0 spiro atoms. The maximum atomic E-state index is 12.2. The first-order valence-corrected chi connectivity index (χ1v) is 7.77. The summed E-state index contributed by atoms with van der Waals surface area (Å²) in [7, 11) is 0. The molecular formula is C15H21N3O4.